The zero-order valence-corrected chi connectivity index (χ0v) is 15.9. The summed E-state index contributed by atoms with van der Waals surface area (Å²) >= 11 is 0. The van der Waals surface area contributed by atoms with Gasteiger partial charge in [-0.15, -0.1) is 0 Å². The number of hydrogen-bond donors (Lipinski definition) is 1. The highest BCUT2D eigenvalue weighted by atomic mass is 32.2. The summed E-state index contributed by atoms with van der Waals surface area (Å²) in [5, 5.41) is 2.81. The fraction of sp³-hybridized carbons (Fsp3) is 0.474. The van der Waals surface area contributed by atoms with Gasteiger partial charge in [-0.25, -0.2) is 13.4 Å². The third-order valence-corrected chi connectivity index (χ3v) is 6.79. The molecule has 0 spiro atoms. The van der Waals surface area contributed by atoms with Gasteiger partial charge in [-0.2, -0.15) is 0 Å². The minimum atomic E-state index is -3.84. The second kappa shape index (κ2) is 7.61. The van der Waals surface area contributed by atoms with Gasteiger partial charge in [0.25, 0.3) is 0 Å². The van der Waals surface area contributed by atoms with Crippen molar-refractivity contribution in [3.05, 3.63) is 42.7 Å². The zero-order valence-electron chi connectivity index (χ0n) is 15.1. The Morgan fingerprint density at radius 2 is 1.96 bits per heavy atom. The Kier molecular flexibility index (Phi) is 5.46. The number of nitrogens with one attached hydrogen (secondary N) is 1. The molecule has 140 valence electrons. The third-order valence-electron chi connectivity index (χ3n) is 5.29. The normalized spacial score (nSPS) is 23.5. The molecular weight excluding hydrogens is 350 g/mol. The average molecular weight is 375 g/mol. The van der Waals surface area contributed by atoms with Gasteiger partial charge >= 0.3 is 0 Å². The van der Waals surface area contributed by atoms with Crippen molar-refractivity contribution in [3.63, 3.8) is 0 Å². The van der Waals surface area contributed by atoms with Gasteiger partial charge in [0.05, 0.1) is 0 Å². The van der Waals surface area contributed by atoms with E-state index < -0.39 is 21.5 Å². The summed E-state index contributed by atoms with van der Waals surface area (Å²) in [5.41, 5.74) is 0.693. The van der Waals surface area contributed by atoms with Gasteiger partial charge in [0.15, 0.2) is 0 Å². The molecule has 0 bridgehead atoms. The van der Waals surface area contributed by atoms with Crippen LogP contribution in [0.25, 0.3) is 5.69 Å². The molecule has 6 nitrogen and oxygen atoms in total. The Labute approximate surface area is 154 Å². The van der Waals surface area contributed by atoms with Crippen LogP contribution in [-0.4, -0.2) is 35.7 Å². The lowest BCUT2D eigenvalue weighted by molar-refractivity contribution is -0.120. The molecule has 1 fully saturated rings. The number of amides is 1. The maximum Gasteiger partial charge on any atom is 0.235 e. The molecule has 26 heavy (non-hydrogen) atoms. The predicted molar refractivity (Wildman–Crippen MR) is 99.7 cm³/mol. The summed E-state index contributed by atoms with van der Waals surface area (Å²) in [7, 11) is -3.84. The number of carbonyl (C=O) groups is 1. The third kappa shape index (κ3) is 3.98. The molecular formula is C19H25N3O3S. The number of sulfone groups is 1. The molecule has 2 aromatic rings. The van der Waals surface area contributed by atoms with Gasteiger partial charge in [-0.05, 0) is 30.4 Å². The van der Waals surface area contributed by atoms with Crippen LogP contribution in [-0.2, 0) is 14.6 Å². The van der Waals surface area contributed by atoms with Gasteiger partial charge in [-0.1, -0.05) is 44.9 Å². The molecule has 1 N–H and O–H groups in total. The number of aromatic nitrogens is 2. The molecule has 1 aliphatic carbocycles. The number of benzene rings is 1. The predicted octanol–water partition coefficient (Wildman–Crippen LogP) is 2.59. The Bertz CT molecular complexity index is 861. The van der Waals surface area contributed by atoms with Crippen molar-refractivity contribution in [1.82, 2.24) is 14.9 Å². The van der Waals surface area contributed by atoms with Crippen molar-refractivity contribution in [1.29, 1.82) is 0 Å². The Morgan fingerprint density at radius 3 is 2.69 bits per heavy atom. The second-order valence-corrected chi connectivity index (χ2v) is 9.00. The minimum Gasteiger partial charge on any atom is -0.352 e. The number of rotatable bonds is 5. The van der Waals surface area contributed by atoms with Gasteiger partial charge in [0.1, 0.15) is 5.75 Å². The molecule has 1 aliphatic rings. The summed E-state index contributed by atoms with van der Waals surface area (Å²) in [6, 6.07) is 9.13. The highest BCUT2D eigenvalue weighted by Crippen LogP contribution is 2.29. The number of imidazole rings is 1. The summed E-state index contributed by atoms with van der Waals surface area (Å²) in [5.74, 6) is -0.169. The number of para-hydroxylation sites is 1. The smallest absolute Gasteiger partial charge is 0.235 e. The van der Waals surface area contributed by atoms with E-state index >= 15 is 0 Å². The fourth-order valence-electron chi connectivity index (χ4n) is 3.58. The molecule has 0 saturated heterocycles. The lowest BCUT2D eigenvalue weighted by Gasteiger charge is -2.34. The van der Waals surface area contributed by atoms with Crippen LogP contribution >= 0.6 is 0 Å². The van der Waals surface area contributed by atoms with Crippen LogP contribution in [0.5, 0.6) is 0 Å². The van der Waals surface area contributed by atoms with Crippen LogP contribution in [0.4, 0.5) is 0 Å². The first-order chi connectivity index (χ1) is 12.4. The first-order valence-electron chi connectivity index (χ1n) is 8.99. The lowest BCUT2D eigenvalue weighted by atomic mass is 9.78. The van der Waals surface area contributed by atoms with Crippen molar-refractivity contribution in [2.45, 2.75) is 44.3 Å². The number of nitrogens with zero attached hydrogens (tertiary/aromatic N) is 2. The molecule has 1 aromatic heterocycles. The SMILES string of the molecule is C[C@H]1[C@H](C)CCC[C@H]1NC(=O)CS(=O)(=O)c1nccn1-c1ccccc1. The summed E-state index contributed by atoms with van der Waals surface area (Å²) in [6.45, 7) is 4.29. The van der Waals surface area contributed by atoms with E-state index in [-0.39, 0.29) is 11.2 Å². The van der Waals surface area contributed by atoms with Crippen LogP contribution < -0.4 is 5.32 Å². The molecule has 1 aromatic carbocycles. The average Bonchev–Trinajstić information content (AvgIpc) is 3.10. The standard InChI is InChI=1S/C19H25N3O3S/c1-14-7-6-10-17(15(14)2)21-18(23)13-26(24,25)19-20-11-12-22(19)16-8-4-3-5-9-16/h3-5,8-9,11-12,14-15,17H,6-7,10,13H2,1-2H3,(H,21,23)/t14-,15+,17-/m1/s1. The van der Waals surface area contributed by atoms with E-state index in [1.807, 2.05) is 18.2 Å². The van der Waals surface area contributed by atoms with E-state index in [2.05, 4.69) is 24.1 Å². The first kappa shape index (κ1) is 18.6. The van der Waals surface area contributed by atoms with E-state index in [4.69, 9.17) is 0 Å². The topological polar surface area (TPSA) is 81.1 Å². The van der Waals surface area contributed by atoms with Crippen LogP contribution in [0.2, 0.25) is 0 Å². The largest absolute Gasteiger partial charge is 0.352 e. The molecule has 0 aliphatic heterocycles. The molecule has 3 rings (SSSR count). The molecule has 7 heteroatoms. The lowest BCUT2D eigenvalue weighted by Crippen LogP contribution is -2.45. The van der Waals surface area contributed by atoms with Crippen molar-refractivity contribution >= 4 is 15.7 Å². The fourth-order valence-corrected chi connectivity index (χ4v) is 4.82. The first-order valence-corrected chi connectivity index (χ1v) is 10.6. The maximum atomic E-state index is 12.7. The maximum absolute atomic E-state index is 12.7. The van der Waals surface area contributed by atoms with E-state index in [0.29, 0.717) is 17.5 Å². The monoisotopic (exact) mass is 375 g/mol. The molecule has 0 unspecified atom stereocenters. The summed E-state index contributed by atoms with van der Waals surface area (Å²) in [6.07, 6.45) is 6.13. The van der Waals surface area contributed by atoms with Crippen LogP contribution in [0.3, 0.4) is 0 Å². The highest BCUT2D eigenvalue weighted by molar-refractivity contribution is 7.92. The van der Waals surface area contributed by atoms with Crippen molar-refractivity contribution in [2.75, 3.05) is 5.75 Å². The van der Waals surface area contributed by atoms with Crippen molar-refractivity contribution in [3.8, 4) is 5.69 Å². The molecule has 1 amide bonds. The quantitative estimate of drug-likeness (QED) is 0.871. The van der Waals surface area contributed by atoms with E-state index in [1.54, 1.807) is 18.3 Å². The molecule has 0 radical (unpaired) electrons. The van der Waals surface area contributed by atoms with Crippen LogP contribution in [0.15, 0.2) is 47.9 Å². The highest BCUT2D eigenvalue weighted by Gasteiger charge is 2.31. The van der Waals surface area contributed by atoms with E-state index in [0.717, 1.165) is 19.3 Å². The number of hydrogen-bond acceptors (Lipinski definition) is 4. The van der Waals surface area contributed by atoms with Crippen molar-refractivity contribution in [2.24, 2.45) is 11.8 Å². The van der Waals surface area contributed by atoms with Gasteiger partial charge < -0.3 is 5.32 Å². The van der Waals surface area contributed by atoms with Crippen LogP contribution in [0.1, 0.15) is 33.1 Å². The van der Waals surface area contributed by atoms with E-state index in [1.165, 1.54) is 10.8 Å². The molecule has 1 heterocycles. The van der Waals surface area contributed by atoms with Gasteiger partial charge in [0, 0.05) is 24.1 Å². The minimum absolute atomic E-state index is 0.0373. The van der Waals surface area contributed by atoms with Gasteiger partial charge in [0.2, 0.25) is 20.9 Å². The Balaban J connectivity index is 1.74. The summed E-state index contributed by atoms with van der Waals surface area (Å²) < 4.78 is 27.0. The van der Waals surface area contributed by atoms with Crippen molar-refractivity contribution < 1.29 is 13.2 Å². The Morgan fingerprint density at radius 1 is 1.23 bits per heavy atom. The van der Waals surface area contributed by atoms with Crippen LogP contribution in [0, 0.1) is 11.8 Å². The zero-order chi connectivity index (χ0) is 18.7. The Hall–Kier alpha value is -2.15. The number of carbonyl (C=O) groups excluding carboxylic acids is 1. The molecule has 1 saturated carbocycles. The van der Waals surface area contributed by atoms with Gasteiger partial charge in [-0.3, -0.25) is 9.36 Å². The van der Waals surface area contributed by atoms with E-state index in [9.17, 15) is 13.2 Å². The second-order valence-electron chi connectivity index (χ2n) is 7.12. The molecule has 3 atom stereocenters. The summed E-state index contributed by atoms with van der Waals surface area (Å²) in [4.78, 5) is 16.4.